The van der Waals surface area contributed by atoms with Crippen LogP contribution in [0.15, 0.2) is 58.5 Å². The minimum Gasteiger partial charge on any atom is -0.497 e. The molecule has 0 fully saturated rings. The van der Waals surface area contributed by atoms with E-state index in [1.54, 1.807) is 26.6 Å². The van der Waals surface area contributed by atoms with Gasteiger partial charge in [-0.3, -0.25) is 9.98 Å². The van der Waals surface area contributed by atoms with Crippen LogP contribution in [0.1, 0.15) is 11.1 Å². The van der Waals surface area contributed by atoms with E-state index in [1.165, 1.54) is 0 Å². The lowest BCUT2D eigenvalue weighted by atomic mass is 10.2. The average Bonchev–Trinajstić information content (AvgIpc) is 2.59. The zero-order valence-corrected chi connectivity index (χ0v) is 12.9. The second-order valence-electron chi connectivity index (χ2n) is 4.68. The van der Waals surface area contributed by atoms with E-state index in [9.17, 15) is 0 Å². The van der Waals surface area contributed by atoms with Gasteiger partial charge < -0.3 is 9.47 Å². The van der Waals surface area contributed by atoms with Crippen molar-refractivity contribution in [3.8, 4) is 11.5 Å². The summed E-state index contributed by atoms with van der Waals surface area (Å²) in [6, 6.07) is 15.8. The second-order valence-corrected chi connectivity index (χ2v) is 4.68. The van der Waals surface area contributed by atoms with Crippen molar-refractivity contribution in [2.75, 3.05) is 14.2 Å². The summed E-state index contributed by atoms with van der Waals surface area (Å²) >= 11 is 0. The highest BCUT2D eigenvalue weighted by atomic mass is 16.5. The minimum absolute atomic E-state index is 0.637. The maximum absolute atomic E-state index is 5.12. The summed E-state index contributed by atoms with van der Waals surface area (Å²) < 4.78 is 10.2. The highest BCUT2D eigenvalue weighted by molar-refractivity contribution is 6.15. The normalized spacial score (nSPS) is 11.2. The van der Waals surface area contributed by atoms with Crippen LogP contribution in [0.2, 0.25) is 0 Å². The van der Waals surface area contributed by atoms with Crippen LogP contribution < -0.4 is 9.47 Å². The third-order valence-electron chi connectivity index (χ3n) is 3.14. The van der Waals surface area contributed by atoms with Gasteiger partial charge in [-0.2, -0.15) is 0 Å². The molecule has 0 atom stereocenters. The fraction of sp³-hybridized carbons (Fsp3) is 0.222. The van der Waals surface area contributed by atoms with E-state index in [0.29, 0.717) is 13.1 Å². The van der Waals surface area contributed by atoms with Crippen LogP contribution in [-0.2, 0) is 13.1 Å². The van der Waals surface area contributed by atoms with E-state index in [1.807, 2.05) is 48.5 Å². The predicted octanol–water partition coefficient (Wildman–Crippen LogP) is 3.55. The van der Waals surface area contributed by atoms with Crippen LogP contribution in [0.5, 0.6) is 11.5 Å². The standard InChI is InChI=1S/C18H20N2O2/c1-21-17-7-3-15(4-8-17)13-19-11-12-20-14-16-5-9-18(22-2)10-6-16/h3-12H,13-14H2,1-2H3. The van der Waals surface area contributed by atoms with E-state index in [4.69, 9.17) is 9.47 Å². The van der Waals surface area contributed by atoms with Crippen LogP contribution in [0, 0.1) is 0 Å². The molecule has 0 aromatic heterocycles. The molecule has 4 nitrogen and oxygen atoms in total. The van der Waals surface area contributed by atoms with Crippen molar-refractivity contribution in [2.24, 2.45) is 9.98 Å². The van der Waals surface area contributed by atoms with E-state index >= 15 is 0 Å². The van der Waals surface area contributed by atoms with Gasteiger partial charge in [0.2, 0.25) is 0 Å². The molecule has 2 rings (SSSR count). The Bertz CT molecular complexity index is 559. The summed E-state index contributed by atoms with van der Waals surface area (Å²) in [7, 11) is 3.32. The number of aliphatic imine (C=N–C) groups is 2. The third kappa shape index (κ3) is 5.05. The molecule has 0 heterocycles. The topological polar surface area (TPSA) is 43.2 Å². The van der Waals surface area contributed by atoms with Gasteiger partial charge in [0, 0.05) is 12.4 Å². The monoisotopic (exact) mass is 296 g/mol. The molecule has 0 aliphatic rings. The lowest BCUT2D eigenvalue weighted by Gasteiger charge is -2.00. The van der Waals surface area contributed by atoms with Gasteiger partial charge >= 0.3 is 0 Å². The van der Waals surface area contributed by atoms with Gasteiger partial charge in [-0.1, -0.05) is 24.3 Å². The number of methoxy groups -OCH3 is 2. The summed E-state index contributed by atoms with van der Waals surface area (Å²) in [5.41, 5.74) is 2.28. The van der Waals surface area contributed by atoms with Crippen LogP contribution in [0.4, 0.5) is 0 Å². The number of hydrogen-bond acceptors (Lipinski definition) is 4. The van der Waals surface area contributed by atoms with E-state index in [0.717, 1.165) is 22.6 Å². The van der Waals surface area contributed by atoms with Gasteiger partial charge in [0.05, 0.1) is 27.3 Å². The minimum atomic E-state index is 0.637. The van der Waals surface area contributed by atoms with Gasteiger partial charge in [0.1, 0.15) is 11.5 Å². The number of benzene rings is 2. The molecule has 0 aliphatic heterocycles. The van der Waals surface area contributed by atoms with Gasteiger partial charge in [0.15, 0.2) is 0 Å². The molecule has 0 amide bonds. The maximum atomic E-state index is 5.12. The molecule has 22 heavy (non-hydrogen) atoms. The number of ether oxygens (including phenoxy) is 2. The molecule has 4 heteroatoms. The molecule has 0 unspecified atom stereocenters. The molecular weight excluding hydrogens is 276 g/mol. The van der Waals surface area contributed by atoms with E-state index < -0.39 is 0 Å². The summed E-state index contributed by atoms with van der Waals surface area (Å²) in [6.45, 7) is 1.27. The largest absolute Gasteiger partial charge is 0.497 e. The van der Waals surface area contributed by atoms with E-state index in [-0.39, 0.29) is 0 Å². The van der Waals surface area contributed by atoms with Crippen molar-refractivity contribution < 1.29 is 9.47 Å². The Morgan fingerprint density at radius 2 is 1.05 bits per heavy atom. The first kappa shape index (κ1) is 15.8. The highest BCUT2D eigenvalue weighted by Gasteiger charge is 1.93. The Morgan fingerprint density at radius 1 is 0.682 bits per heavy atom. The second kappa shape index (κ2) is 8.62. The Labute approximate surface area is 131 Å². The molecule has 0 saturated carbocycles. The van der Waals surface area contributed by atoms with Gasteiger partial charge in [-0.05, 0) is 35.4 Å². The molecule has 0 aliphatic carbocycles. The Balaban J connectivity index is 1.76. The molecule has 2 aromatic rings. The first-order chi connectivity index (χ1) is 10.8. The SMILES string of the molecule is COc1ccc(CN=CC=NCc2ccc(OC)cc2)cc1. The molecule has 0 spiro atoms. The van der Waals surface area contributed by atoms with Crippen molar-refractivity contribution in [2.45, 2.75) is 13.1 Å². The predicted molar refractivity (Wildman–Crippen MR) is 90.4 cm³/mol. The molecule has 114 valence electrons. The van der Waals surface area contributed by atoms with Gasteiger partial charge in [0.25, 0.3) is 0 Å². The molecule has 0 radical (unpaired) electrons. The van der Waals surface area contributed by atoms with Crippen LogP contribution >= 0.6 is 0 Å². The lowest BCUT2D eigenvalue weighted by molar-refractivity contribution is 0.414. The summed E-state index contributed by atoms with van der Waals surface area (Å²) in [5, 5.41) is 0. The Hall–Kier alpha value is -2.62. The molecule has 0 N–H and O–H groups in total. The number of rotatable bonds is 7. The number of nitrogens with zero attached hydrogens (tertiary/aromatic N) is 2. The smallest absolute Gasteiger partial charge is 0.118 e. The van der Waals surface area contributed by atoms with Gasteiger partial charge in [-0.15, -0.1) is 0 Å². The average molecular weight is 296 g/mol. The fourth-order valence-corrected chi connectivity index (χ4v) is 1.87. The third-order valence-corrected chi connectivity index (χ3v) is 3.14. The van der Waals surface area contributed by atoms with Crippen LogP contribution in [-0.4, -0.2) is 26.6 Å². The molecular formula is C18H20N2O2. The van der Waals surface area contributed by atoms with Crippen LogP contribution in [0.25, 0.3) is 0 Å². The van der Waals surface area contributed by atoms with Crippen molar-refractivity contribution in [1.29, 1.82) is 0 Å². The molecule has 0 bridgehead atoms. The summed E-state index contributed by atoms with van der Waals surface area (Å²) in [6.07, 6.45) is 3.46. The lowest BCUT2D eigenvalue weighted by Crippen LogP contribution is -1.87. The van der Waals surface area contributed by atoms with Crippen molar-refractivity contribution in [3.05, 3.63) is 59.7 Å². The fourth-order valence-electron chi connectivity index (χ4n) is 1.87. The molecule has 0 saturated heterocycles. The number of hydrogen-bond donors (Lipinski definition) is 0. The van der Waals surface area contributed by atoms with Crippen molar-refractivity contribution in [3.63, 3.8) is 0 Å². The van der Waals surface area contributed by atoms with Crippen molar-refractivity contribution >= 4 is 12.4 Å². The van der Waals surface area contributed by atoms with Crippen LogP contribution in [0.3, 0.4) is 0 Å². The summed E-state index contributed by atoms with van der Waals surface area (Å²) in [5.74, 6) is 1.71. The highest BCUT2D eigenvalue weighted by Crippen LogP contribution is 2.12. The van der Waals surface area contributed by atoms with Crippen molar-refractivity contribution in [1.82, 2.24) is 0 Å². The summed E-state index contributed by atoms with van der Waals surface area (Å²) in [4.78, 5) is 8.64. The Morgan fingerprint density at radius 3 is 1.36 bits per heavy atom. The molecule has 2 aromatic carbocycles. The van der Waals surface area contributed by atoms with E-state index in [2.05, 4.69) is 9.98 Å². The van der Waals surface area contributed by atoms with Gasteiger partial charge in [-0.25, -0.2) is 0 Å². The Kier molecular flexibility index (Phi) is 6.18. The zero-order valence-electron chi connectivity index (χ0n) is 12.9. The first-order valence-corrected chi connectivity index (χ1v) is 7.06. The maximum Gasteiger partial charge on any atom is 0.118 e. The first-order valence-electron chi connectivity index (χ1n) is 7.06. The quantitative estimate of drug-likeness (QED) is 0.733. The zero-order chi connectivity index (χ0) is 15.6.